The fourth-order valence-corrected chi connectivity index (χ4v) is 3.74. The van der Waals surface area contributed by atoms with Gasteiger partial charge in [0, 0.05) is 19.8 Å². The molecule has 1 aliphatic heterocycles. The molecule has 0 aliphatic carbocycles. The Labute approximate surface area is 157 Å². The van der Waals surface area contributed by atoms with Crippen LogP contribution in [-0.4, -0.2) is 33.0 Å². The lowest BCUT2D eigenvalue weighted by atomic mass is 9.81. The molecule has 2 N–H and O–H groups in total. The maximum atomic E-state index is 12.4. The van der Waals surface area contributed by atoms with Gasteiger partial charge in [-0.05, 0) is 11.1 Å². The maximum absolute atomic E-state index is 12.4. The summed E-state index contributed by atoms with van der Waals surface area (Å²) in [4.78, 5) is 30.5. The lowest BCUT2D eigenvalue weighted by Crippen LogP contribution is -2.43. The standard InChI is InChI=1S/C19H21N2O5P/c1-15(22)21-19(12-13-26-27(23,24)25,17-10-6-3-7-11-17)14-18(20-21)16-8-4-2-5-9-16/h2-11H,12-14H2,1H3,(H2,23,24,25). The number of rotatable bonds is 6. The van der Waals surface area contributed by atoms with Gasteiger partial charge in [0.25, 0.3) is 0 Å². The number of hydrogen-bond acceptors (Lipinski definition) is 4. The fraction of sp³-hybridized carbons (Fsp3) is 0.263. The molecule has 2 aromatic carbocycles. The van der Waals surface area contributed by atoms with Crippen LogP contribution >= 0.6 is 7.82 Å². The van der Waals surface area contributed by atoms with Crippen molar-refractivity contribution >= 4 is 19.4 Å². The zero-order valence-electron chi connectivity index (χ0n) is 14.9. The van der Waals surface area contributed by atoms with Crippen LogP contribution in [0, 0.1) is 0 Å². The van der Waals surface area contributed by atoms with Gasteiger partial charge < -0.3 is 9.79 Å². The van der Waals surface area contributed by atoms with Gasteiger partial charge in [0.2, 0.25) is 5.91 Å². The monoisotopic (exact) mass is 388 g/mol. The Kier molecular flexibility index (Phi) is 5.58. The highest BCUT2D eigenvalue weighted by Crippen LogP contribution is 2.44. The van der Waals surface area contributed by atoms with E-state index in [9.17, 15) is 9.36 Å². The van der Waals surface area contributed by atoms with E-state index in [1.54, 1.807) is 0 Å². The highest BCUT2D eigenvalue weighted by molar-refractivity contribution is 7.46. The topological polar surface area (TPSA) is 99.4 Å². The first-order valence-electron chi connectivity index (χ1n) is 8.51. The minimum absolute atomic E-state index is 0.196. The fourth-order valence-electron chi connectivity index (χ4n) is 3.41. The summed E-state index contributed by atoms with van der Waals surface area (Å²) in [7, 11) is -4.60. The van der Waals surface area contributed by atoms with Gasteiger partial charge in [-0.15, -0.1) is 0 Å². The maximum Gasteiger partial charge on any atom is 0.469 e. The molecule has 27 heavy (non-hydrogen) atoms. The van der Waals surface area contributed by atoms with Gasteiger partial charge >= 0.3 is 7.82 Å². The molecular formula is C19H21N2O5P. The van der Waals surface area contributed by atoms with E-state index < -0.39 is 13.4 Å². The number of carbonyl (C=O) groups is 1. The number of hydrazone groups is 1. The molecule has 3 rings (SSSR count). The molecule has 0 saturated carbocycles. The predicted molar refractivity (Wildman–Crippen MR) is 101 cm³/mol. The number of phosphoric acid groups is 1. The molecule has 142 valence electrons. The van der Waals surface area contributed by atoms with Crippen LogP contribution in [0.4, 0.5) is 0 Å². The Morgan fingerprint density at radius 3 is 2.30 bits per heavy atom. The summed E-state index contributed by atoms with van der Waals surface area (Å²) >= 11 is 0. The number of carbonyl (C=O) groups excluding carboxylic acids is 1. The molecule has 0 spiro atoms. The molecule has 8 heteroatoms. The SMILES string of the molecule is CC(=O)N1N=C(c2ccccc2)CC1(CCOP(=O)(O)O)c1ccccc1. The van der Waals surface area contributed by atoms with E-state index in [2.05, 4.69) is 9.63 Å². The first kappa shape index (κ1) is 19.5. The summed E-state index contributed by atoms with van der Waals surface area (Å²) in [5.74, 6) is -0.249. The van der Waals surface area contributed by atoms with Crippen LogP contribution in [0.2, 0.25) is 0 Å². The summed E-state index contributed by atoms with van der Waals surface area (Å²) in [6.45, 7) is 1.22. The molecule has 2 aromatic rings. The molecule has 1 heterocycles. The molecule has 1 unspecified atom stereocenters. The lowest BCUT2D eigenvalue weighted by Gasteiger charge is -2.36. The van der Waals surface area contributed by atoms with E-state index in [1.165, 1.54) is 11.9 Å². The van der Waals surface area contributed by atoms with Crippen molar-refractivity contribution in [1.29, 1.82) is 0 Å². The van der Waals surface area contributed by atoms with Gasteiger partial charge in [0.15, 0.2) is 0 Å². The second-order valence-corrected chi connectivity index (χ2v) is 7.63. The van der Waals surface area contributed by atoms with Gasteiger partial charge in [-0.25, -0.2) is 9.57 Å². The Balaban J connectivity index is 2.00. The third-order valence-corrected chi connectivity index (χ3v) is 5.10. The van der Waals surface area contributed by atoms with E-state index in [1.807, 2.05) is 60.7 Å². The Morgan fingerprint density at radius 1 is 1.15 bits per heavy atom. The largest absolute Gasteiger partial charge is 0.469 e. The van der Waals surface area contributed by atoms with Crippen molar-refractivity contribution in [2.75, 3.05) is 6.61 Å². The molecule has 0 aromatic heterocycles. The quantitative estimate of drug-likeness (QED) is 0.741. The van der Waals surface area contributed by atoms with Crippen molar-refractivity contribution in [3.63, 3.8) is 0 Å². The first-order chi connectivity index (χ1) is 12.8. The first-order valence-corrected chi connectivity index (χ1v) is 10.0. The number of nitrogens with zero attached hydrogens (tertiary/aromatic N) is 2. The minimum atomic E-state index is -4.60. The van der Waals surface area contributed by atoms with Crippen LogP contribution in [0.5, 0.6) is 0 Å². The van der Waals surface area contributed by atoms with E-state index in [-0.39, 0.29) is 18.9 Å². The Bertz CT molecular complexity index is 881. The van der Waals surface area contributed by atoms with Gasteiger partial charge in [0.1, 0.15) is 0 Å². The van der Waals surface area contributed by atoms with E-state index in [0.29, 0.717) is 6.42 Å². The van der Waals surface area contributed by atoms with E-state index >= 15 is 0 Å². The molecule has 7 nitrogen and oxygen atoms in total. The van der Waals surface area contributed by atoms with Gasteiger partial charge in [-0.2, -0.15) is 5.10 Å². The smallest absolute Gasteiger partial charge is 0.303 e. The highest BCUT2D eigenvalue weighted by atomic mass is 31.2. The number of phosphoric ester groups is 1. The van der Waals surface area contributed by atoms with Crippen LogP contribution in [0.1, 0.15) is 30.9 Å². The minimum Gasteiger partial charge on any atom is -0.303 e. The van der Waals surface area contributed by atoms with Crippen LogP contribution < -0.4 is 0 Å². The summed E-state index contributed by atoms with van der Waals surface area (Å²) in [5.41, 5.74) is 1.61. The van der Waals surface area contributed by atoms with E-state index in [0.717, 1.165) is 16.8 Å². The summed E-state index contributed by atoms with van der Waals surface area (Å²) in [5, 5.41) is 5.96. The molecule has 0 fully saturated rings. The average Bonchev–Trinajstić information content (AvgIpc) is 3.03. The van der Waals surface area contributed by atoms with Gasteiger partial charge in [-0.3, -0.25) is 9.32 Å². The van der Waals surface area contributed by atoms with Crippen molar-refractivity contribution in [1.82, 2.24) is 5.01 Å². The van der Waals surface area contributed by atoms with Crippen molar-refractivity contribution in [3.8, 4) is 0 Å². The second-order valence-electron chi connectivity index (χ2n) is 6.39. The average molecular weight is 388 g/mol. The zero-order chi connectivity index (χ0) is 19.5. The molecule has 1 aliphatic rings. The van der Waals surface area contributed by atoms with Gasteiger partial charge in [-0.1, -0.05) is 60.7 Å². The van der Waals surface area contributed by atoms with Crippen molar-refractivity contribution in [2.24, 2.45) is 5.10 Å². The summed E-state index contributed by atoms with van der Waals surface area (Å²) in [6.07, 6.45) is 0.618. The van der Waals surface area contributed by atoms with Crippen LogP contribution in [0.25, 0.3) is 0 Å². The molecule has 0 saturated heterocycles. The van der Waals surface area contributed by atoms with Gasteiger partial charge in [0.05, 0.1) is 17.9 Å². The predicted octanol–water partition coefficient (Wildman–Crippen LogP) is 3.04. The van der Waals surface area contributed by atoms with Crippen LogP contribution in [0.3, 0.4) is 0 Å². The lowest BCUT2D eigenvalue weighted by molar-refractivity contribution is -0.135. The number of hydrogen-bond donors (Lipinski definition) is 2. The van der Waals surface area contributed by atoms with E-state index in [4.69, 9.17) is 9.79 Å². The Hall–Kier alpha value is -2.31. The zero-order valence-corrected chi connectivity index (χ0v) is 15.8. The molecular weight excluding hydrogens is 367 g/mol. The number of benzene rings is 2. The summed E-state index contributed by atoms with van der Waals surface area (Å²) in [6, 6.07) is 18.9. The molecule has 1 atom stereocenters. The van der Waals surface area contributed by atoms with Crippen LogP contribution in [0.15, 0.2) is 65.8 Å². The highest BCUT2D eigenvalue weighted by Gasteiger charge is 2.46. The Morgan fingerprint density at radius 2 is 1.74 bits per heavy atom. The third-order valence-electron chi connectivity index (χ3n) is 4.58. The van der Waals surface area contributed by atoms with Crippen molar-refractivity contribution < 1.29 is 23.7 Å². The summed E-state index contributed by atoms with van der Waals surface area (Å²) < 4.78 is 15.8. The molecule has 0 radical (unpaired) electrons. The second kappa shape index (κ2) is 7.74. The van der Waals surface area contributed by atoms with Crippen molar-refractivity contribution in [3.05, 3.63) is 71.8 Å². The van der Waals surface area contributed by atoms with Crippen LogP contribution in [-0.2, 0) is 19.4 Å². The normalized spacial score (nSPS) is 19.8. The van der Waals surface area contributed by atoms with Crippen molar-refractivity contribution in [2.45, 2.75) is 25.3 Å². The molecule has 0 bridgehead atoms. The number of amides is 1. The third kappa shape index (κ3) is 4.34. The molecule has 1 amide bonds.